The Hall–Kier alpha value is -2.03. The second-order valence-corrected chi connectivity index (χ2v) is 4.03. The standard InChI is InChI=1S/C14H12O3/c1-16-13-10-5-3-2-4-9(10)8-11-12(15)6-7-17-14(11)13/h2-5,8H,6-7H2,1H3. The Morgan fingerprint density at radius 2 is 2.12 bits per heavy atom. The van der Waals surface area contributed by atoms with Crippen molar-refractivity contribution in [3.8, 4) is 11.5 Å². The summed E-state index contributed by atoms with van der Waals surface area (Å²) in [6, 6.07) is 9.72. The number of carbonyl (C=O) groups is 1. The quantitative estimate of drug-likeness (QED) is 0.752. The van der Waals surface area contributed by atoms with Crippen molar-refractivity contribution in [2.45, 2.75) is 6.42 Å². The van der Waals surface area contributed by atoms with Gasteiger partial charge in [0.05, 0.1) is 19.3 Å². The first-order valence-electron chi connectivity index (χ1n) is 5.57. The number of hydrogen-bond donors (Lipinski definition) is 0. The van der Waals surface area contributed by atoms with Crippen LogP contribution in [0.15, 0.2) is 30.3 Å². The molecule has 1 heterocycles. The molecule has 1 aliphatic rings. The fourth-order valence-corrected chi connectivity index (χ4v) is 2.23. The first-order chi connectivity index (χ1) is 8.31. The second-order valence-electron chi connectivity index (χ2n) is 4.03. The molecule has 0 spiro atoms. The predicted octanol–water partition coefficient (Wildman–Crippen LogP) is 2.81. The number of benzene rings is 2. The summed E-state index contributed by atoms with van der Waals surface area (Å²) in [7, 11) is 1.60. The minimum absolute atomic E-state index is 0.121. The zero-order chi connectivity index (χ0) is 11.8. The Balaban J connectivity index is 2.40. The third kappa shape index (κ3) is 1.46. The van der Waals surface area contributed by atoms with Crippen molar-refractivity contribution in [3.63, 3.8) is 0 Å². The summed E-state index contributed by atoms with van der Waals surface area (Å²) in [5, 5.41) is 1.98. The van der Waals surface area contributed by atoms with Crippen LogP contribution in [-0.4, -0.2) is 19.5 Å². The fraction of sp³-hybridized carbons (Fsp3) is 0.214. The van der Waals surface area contributed by atoms with Crippen molar-refractivity contribution in [1.29, 1.82) is 0 Å². The average Bonchev–Trinajstić information content (AvgIpc) is 2.37. The summed E-state index contributed by atoms with van der Waals surface area (Å²) >= 11 is 0. The lowest BCUT2D eigenvalue weighted by atomic mass is 9.99. The number of ketones is 1. The predicted molar refractivity (Wildman–Crippen MR) is 64.9 cm³/mol. The highest BCUT2D eigenvalue weighted by molar-refractivity contribution is 6.06. The molecule has 3 nitrogen and oxygen atoms in total. The molecule has 0 saturated carbocycles. The first kappa shape index (κ1) is 10.1. The normalized spacial score (nSPS) is 14.3. The average molecular weight is 228 g/mol. The van der Waals surface area contributed by atoms with Crippen molar-refractivity contribution in [3.05, 3.63) is 35.9 Å². The fourth-order valence-electron chi connectivity index (χ4n) is 2.23. The van der Waals surface area contributed by atoms with Gasteiger partial charge in [-0.3, -0.25) is 4.79 Å². The molecule has 0 bridgehead atoms. The van der Waals surface area contributed by atoms with E-state index in [4.69, 9.17) is 9.47 Å². The van der Waals surface area contributed by atoms with E-state index >= 15 is 0 Å². The number of hydrogen-bond acceptors (Lipinski definition) is 3. The molecule has 0 atom stereocenters. The van der Waals surface area contributed by atoms with Gasteiger partial charge in [-0.25, -0.2) is 0 Å². The molecule has 2 aromatic rings. The van der Waals surface area contributed by atoms with Crippen LogP contribution in [0.3, 0.4) is 0 Å². The molecule has 1 aliphatic heterocycles. The van der Waals surface area contributed by atoms with Crippen molar-refractivity contribution >= 4 is 16.6 Å². The van der Waals surface area contributed by atoms with Crippen LogP contribution in [0.1, 0.15) is 16.8 Å². The molecule has 0 saturated heterocycles. The van der Waals surface area contributed by atoms with E-state index < -0.39 is 0 Å². The molecule has 0 amide bonds. The molecule has 2 aromatic carbocycles. The van der Waals surface area contributed by atoms with Gasteiger partial charge in [-0.05, 0) is 11.5 Å². The van der Waals surface area contributed by atoms with Gasteiger partial charge in [0, 0.05) is 11.8 Å². The third-order valence-corrected chi connectivity index (χ3v) is 3.04. The first-order valence-corrected chi connectivity index (χ1v) is 5.57. The second kappa shape index (κ2) is 3.77. The van der Waals surface area contributed by atoms with Crippen LogP contribution in [-0.2, 0) is 0 Å². The maximum atomic E-state index is 11.9. The van der Waals surface area contributed by atoms with Crippen molar-refractivity contribution in [2.75, 3.05) is 13.7 Å². The maximum Gasteiger partial charge on any atom is 0.172 e. The summed E-state index contributed by atoms with van der Waals surface area (Å²) in [5.74, 6) is 1.36. The van der Waals surface area contributed by atoms with Crippen LogP contribution in [0, 0.1) is 0 Å². The molecular weight excluding hydrogens is 216 g/mol. The van der Waals surface area contributed by atoms with Crippen LogP contribution < -0.4 is 9.47 Å². The van der Waals surface area contributed by atoms with Crippen LogP contribution in [0.5, 0.6) is 11.5 Å². The monoisotopic (exact) mass is 228 g/mol. The highest BCUT2D eigenvalue weighted by Gasteiger charge is 2.24. The van der Waals surface area contributed by atoms with E-state index in [2.05, 4.69) is 0 Å². The van der Waals surface area contributed by atoms with Gasteiger partial charge in [0.2, 0.25) is 0 Å². The van der Waals surface area contributed by atoms with E-state index in [0.29, 0.717) is 30.1 Å². The highest BCUT2D eigenvalue weighted by Crippen LogP contribution is 2.41. The molecular formula is C14H12O3. The number of fused-ring (bicyclic) bond motifs is 2. The number of carbonyl (C=O) groups excluding carboxylic acids is 1. The Labute approximate surface area is 99.0 Å². The van der Waals surface area contributed by atoms with Gasteiger partial charge in [0.25, 0.3) is 0 Å². The van der Waals surface area contributed by atoms with Gasteiger partial charge in [-0.1, -0.05) is 24.3 Å². The van der Waals surface area contributed by atoms with Gasteiger partial charge < -0.3 is 9.47 Å². The summed E-state index contributed by atoms with van der Waals surface area (Å²) in [5.41, 5.74) is 0.631. The summed E-state index contributed by atoms with van der Waals surface area (Å²) < 4.78 is 11.0. The van der Waals surface area contributed by atoms with Crippen molar-refractivity contribution in [1.82, 2.24) is 0 Å². The third-order valence-electron chi connectivity index (χ3n) is 3.04. The molecule has 0 radical (unpaired) electrons. The number of rotatable bonds is 1. The zero-order valence-electron chi connectivity index (χ0n) is 9.53. The highest BCUT2D eigenvalue weighted by atomic mass is 16.5. The Kier molecular flexibility index (Phi) is 2.25. The van der Waals surface area contributed by atoms with E-state index in [1.807, 2.05) is 30.3 Å². The van der Waals surface area contributed by atoms with Crippen molar-refractivity contribution < 1.29 is 14.3 Å². The molecule has 3 rings (SSSR count). The molecule has 0 aliphatic carbocycles. The Morgan fingerprint density at radius 1 is 1.29 bits per heavy atom. The lowest BCUT2D eigenvalue weighted by Crippen LogP contribution is -2.16. The van der Waals surface area contributed by atoms with Gasteiger partial charge in [-0.15, -0.1) is 0 Å². The van der Waals surface area contributed by atoms with Gasteiger partial charge in [0.1, 0.15) is 0 Å². The minimum atomic E-state index is 0.121. The van der Waals surface area contributed by atoms with Gasteiger partial charge in [0.15, 0.2) is 17.3 Å². The van der Waals surface area contributed by atoms with Gasteiger partial charge in [-0.2, -0.15) is 0 Å². The SMILES string of the molecule is COc1c2c(cc3ccccc13)C(=O)CCO2. The Bertz CT molecular complexity index is 602. The topological polar surface area (TPSA) is 35.5 Å². The number of methoxy groups -OCH3 is 1. The number of Topliss-reactive ketones (excluding diaryl/α,β-unsaturated/α-hetero) is 1. The van der Waals surface area contributed by atoms with E-state index in [1.165, 1.54) is 0 Å². The van der Waals surface area contributed by atoms with E-state index in [9.17, 15) is 4.79 Å². The van der Waals surface area contributed by atoms with Crippen LogP contribution >= 0.6 is 0 Å². The largest absolute Gasteiger partial charge is 0.492 e. The summed E-state index contributed by atoms with van der Waals surface area (Å²) in [6.07, 6.45) is 0.439. The van der Waals surface area contributed by atoms with E-state index in [1.54, 1.807) is 7.11 Å². The van der Waals surface area contributed by atoms with Crippen molar-refractivity contribution in [2.24, 2.45) is 0 Å². The van der Waals surface area contributed by atoms with Crippen LogP contribution in [0.4, 0.5) is 0 Å². The molecule has 3 heteroatoms. The van der Waals surface area contributed by atoms with Crippen LogP contribution in [0.25, 0.3) is 10.8 Å². The lowest BCUT2D eigenvalue weighted by Gasteiger charge is -2.20. The molecule has 17 heavy (non-hydrogen) atoms. The summed E-state index contributed by atoms with van der Waals surface area (Å²) in [6.45, 7) is 0.431. The molecule has 0 fully saturated rings. The zero-order valence-corrected chi connectivity index (χ0v) is 9.53. The molecule has 0 N–H and O–H groups in total. The smallest absolute Gasteiger partial charge is 0.172 e. The van der Waals surface area contributed by atoms with Crippen LogP contribution in [0.2, 0.25) is 0 Å². The molecule has 86 valence electrons. The van der Waals surface area contributed by atoms with Gasteiger partial charge >= 0.3 is 0 Å². The summed E-state index contributed by atoms with van der Waals surface area (Å²) in [4.78, 5) is 11.9. The Morgan fingerprint density at radius 3 is 2.94 bits per heavy atom. The number of ether oxygens (including phenoxy) is 2. The molecule has 0 unspecified atom stereocenters. The molecule has 0 aromatic heterocycles. The lowest BCUT2D eigenvalue weighted by molar-refractivity contribution is 0.0931. The maximum absolute atomic E-state index is 11.9. The minimum Gasteiger partial charge on any atom is -0.492 e. The van der Waals surface area contributed by atoms with E-state index in [-0.39, 0.29) is 5.78 Å². The van der Waals surface area contributed by atoms with E-state index in [0.717, 1.165) is 10.8 Å².